The molecule has 102 valence electrons. The van der Waals surface area contributed by atoms with Gasteiger partial charge in [0.15, 0.2) is 0 Å². The molecule has 0 aromatic heterocycles. The van der Waals surface area contributed by atoms with E-state index in [0.29, 0.717) is 11.6 Å². The van der Waals surface area contributed by atoms with E-state index in [1.165, 1.54) is 32.5 Å². The maximum atomic E-state index is 11.5. The van der Waals surface area contributed by atoms with E-state index in [4.69, 9.17) is 0 Å². The van der Waals surface area contributed by atoms with Gasteiger partial charge in [-0.25, -0.2) is 0 Å². The lowest BCUT2D eigenvalue weighted by molar-refractivity contribution is 0.0963. The van der Waals surface area contributed by atoms with Gasteiger partial charge in [0.2, 0.25) is 0 Å². The zero-order valence-corrected chi connectivity index (χ0v) is 11.4. The lowest BCUT2D eigenvalue weighted by Gasteiger charge is -2.31. The van der Waals surface area contributed by atoms with E-state index < -0.39 is 0 Å². The number of rotatable bonds is 3. The molecule has 1 aromatic rings. The average Bonchev–Trinajstić information content (AvgIpc) is 2.85. The molecule has 1 aromatic carbocycles. The molecule has 2 fully saturated rings. The van der Waals surface area contributed by atoms with Crippen LogP contribution in [0.1, 0.15) is 23.2 Å². The first-order valence-corrected chi connectivity index (χ1v) is 7.07. The van der Waals surface area contributed by atoms with Gasteiger partial charge in [0.05, 0.1) is 0 Å². The molecule has 3 rings (SSSR count). The summed E-state index contributed by atoms with van der Waals surface area (Å²) in [6.45, 7) is 3.72. The molecule has 4 nitrogen and oxygen atoms in total. The molecule has 0 saturated carbocycles. The Bertz CT molecular complexity index is 457. The standard InChI is InChI=1S/C15H21N3O/c1-16-15(19)11-2-4-13(5-3-11)17-14-7-9-18-8-6-12(14)10-18/h2-5,12,14,17H,6-10H2,1H3,(H,16,19). The van der Waals surface area contributed by atoms with Crippen LogP contribution in [-0.4, -0.2) is 43.5 Å². The van der Waals surface area contributed by atoms with Crippen LogP contribution in [-0.2, 0) is 0 Å². The number of carbonyl (C=O) groups is 1. The van der Waals surface area contributed by atoms with Gasteiger partial charge in [0.1, 0.15) is 0 Å². The molecule has 19 heavy (non-hydrogen) atoms. The van der Waals surface area contributed by atoms with Crippen molar-refractivity contribution in [1.82, 2.24) is 10.2 Å². The third-order valence-electron chi connectivity index (χ3n) is 4.36. The summed E-state index contributed by atoms with van der Waals surface area (Å²) in [5.41, 5.74) is 1.83. The topological polar surface area (TPSA) is 44.4 Å². The van der Waals surface area contributed by atoms with Crippen molar-refractivity contribution in [1.29, 1.82) is 0 Å². The number of piperidine rings is 1. The third kappa shape index (κ3) is 2.59. The van der Waals surface area contributed by atoms with Crippen molar-refractivity contribution in [3.63, 3.8) is 0 Å². The first-order chi connectivity index (χ1) is 9.26. The molecule has 0 aliphatic carbocycles. The second-order valence-electron chi connectivity index (χ2n) is 5.55. The van der Waals surface area contributed by atoms with Gasteiger partial charge >= 0.3 is 0 Å². The maximum Gasteiger partial charge on any atom is 0.251 e. The van der Waals surface area contributed by atoms with Crippen molar-refractivity contribution >= 4 is 11.6 Å². The number of amides is 1. The van der Waals surface area contributed by atoms with Crippen molar-refractivity contribution in [3.05, 3.63) is 29.8 Å². The van der Waals surface area contributed by atoms with Crippen molar-refractivity contribution in [3.8, 4) is 0 Å². The molecule has 2 heterocycles. The largest absolute Gasteiger partial charge is 0.382 e. The van der Waals surface area contributed by atoms with Gasteiger partial charge in [-0.2, -0.15) is 0 Å². The fraction of sp³-hybridized carbons (Fsp3) is 0.533. The van der Waals surface area contributed by atoms with Crippen LogP contribution in [0.4, 0.5) is 5.69 Å². The zero-order chi connectivity index (χ0) is 13.2. The number of benzene rings is 1. The van der Waals surface area contributed by atoms with E-state index in [0.717, 1.165) is 11.6 Å². The molecule has 2 aliphatic rings. The number of fused-ring (bicyclic) bond motifs is 2. The second kappa shape index (κ2) is 5.21. The van der Waals surface area contributed by atoms with Crippen LogP contribution in [0.5, 0.6) is 0 Å². The minimum Gasteiger partial charge on any atom is -0.382 e. The minimum absolute atomic E-state index is 0.0318. The number of hydrogen-bond acceptors (Lipinski definition) is 3. The molecule has 0 radical (unpaired) electrons. The predicted octanol–water partition coefficient (Wildman–Crippen LogP) is 1.55. The van der Waals surface area contributed by atoms with Gasteiger partial charge in [-0.3, -0.25) is 4.79 Å². The van der Waals surface area contributed by atoms with Crippen LogP contribution in [0.25, 0.3) is 0 Å². The summed E-state index contributed by atoms with van der Waals surface area (Å²) in [5, 5.41) is 6.27. The highest BCUT2D eigenvalue weighted by atomic mass is 16.1. The molecule has 0 spiro atoms. The van der Waals surface area contributed by atoms with Gasteiger partial charge in [-0.1, -0.05) is 0 Å². The van der Waals surface area contributed by atoms with Crippen LogP contribution in [0.15, 0.2) is 24.3 Å². The highest BCUT2D eigenvalue weighted by Crippen LogP contribution is 2.29. The summed E-state index contributed by atoms with van der Waals surface area (Å²) < 4.78 is 0. The monoisotopic (exact) mass is 259 g/mol. The Balaban J connectivity index is 1.65. The van der Waals surface area contributed by atoms with E-state index in [-0.39, 0.29) is 5.91 Å². The Hall–Kier alpha value is -1.55. The summed E-state index contributed by atoms with van der Waals surface area (Å²) >= 11 is 0. The van der Waals surface area contributed by atoms with Crippen LogP contribution < -0.4 is 10.6 Å². The number of nitrogens with zero attached hydrogens (tertiary/aromatic N) is 1. The van der Waals surface area contributed by atoms with Crippen molar-refractivity contribution in [2.45, 2.75) is 18.9 Å². The van der Waals surface area contributed by atoms with Crippen molar-refractivity contribution in [2.75, 3.05) is 32.0 Å². The Labute approximate surface area is 114 Å². The zero-order valence-electron chi connectivity index (χ0n) is 11.4. The highest BCUT2D eigenvalue weighted by molar-refractivity contribution is 5.94. The lowest BCUT2D eigenvalue weighted by Crippen LogP contribution is -2.39. The minimum atomic E-state index is -0.0318. The smallest absolute Gasteiger partial charge is 0.251 e. The van der Waals surface area contributed by atoms with E-state index in [2.05, 4.69) is 15.5 Å². The van der Waals surface area contributed by atoms with E-state index in [1.54, 1.807) is 7.05 Å². The maximum absolute atomic E-state index is 11.5. The Kier molecular flexibility index (Phi) is 3.42. The molecule has 4 heteroatoms. The Morgan fingerprint density at radius 3 is 2.68 bits per heavy atom. The number of nitrogens with one attached hydrogen (secondary N) is 2. The van der Waals surface area contributed by atoms with E-state index in [9.17, 15) is 4.79 Å². The average molecular weight is 259 g/mol. The first-order valence-electron chi connectivity index (χ1n) is 7.07. The molecular weight excluding hydrogens is 238 g/mol. The van der Waals surface area contributed by atoms with Gasteiger partial charge in [0, 0.05) is 37.4 Å². The van der Waals surface area contributed by atoms with Crippen LogP contribution >= 0.6 is 0 Å². The Morgan fingerprint density at radius 2 is 1.95 bits per heavy atom. The molecule has 2 aliphatic heterocycles. The first kappa shape index (κ1) is 12.5. The van der Waals surface area contributed by atoms with Crippen molar-refractivity contribution in [2.24, 2.45) is 5.92 Å². The number of carbonyl (C=O) groups excluding carboxylic acids is 1. The lowest BCUT2D eigenvalue weighted by atomic mass is 9.94. The fourth-order valence-corrected chi connectivity index (χ4v) is 3.22. The van der Waals surface area contributed by atoms with Crippen LogP contribution in [0, 0.1) is 5.92 Å². The summed E-state index contributed by atoms with van der Waals surface area (Å²) in [6, 6.07) is 8.36. The molecule has 3 atom stereocenters. The summed E-state index contributed by atoms with van der Waals surface area (Å²) in [7, 11) is 1.66. The highest BCUT2D eigenvalue weighted by Gasteiger charge is 2.33. The Morgan fingerprint density at radius 1 is 1.21 bits per heavy atom. The van der Waals surface area contributed by atoms with E-state index in [1.807, 2.05) is 24.3 Å². The summed E-state index contributed by atoms with van der Waals surface area (Å²) in [6.07, 6.45) is 2.54. The number of anilines is 1. The number of hydrogen-bond donors (Lipinski definition) is 2. The quantitative estimate of drug-likeness (QED) is 0.865. The fourth-order valence-electron chi connectivity index (χ4n) is 3.22. The van der Waals surface area contributed by atoms with Crippen molar-refractivity contribution < 1.29 is 4.79 Å². The van der Waals surface area contributed by atoms with Crippen LogP contribution in [0.3, 0.4) is 0 Å². The molecule has 2 saturated heterocycles. The summed E-state index contributed by atoms with van der Waals surface area (Å²) in [4.78, 5) is 14.0. The van der Waals surface area contributed by atoms with Gasteiger partial charge in [0.25, 0.3) is 5.91 Å². The predicted molar refractivity (Wildman–Crippen MR) is 76.4 cm³/mol. The molecule has 3 unspecified atom stereocenters. The third-order valence-corrected chi connectivity index (χ3v) is 4.36. The summed E-state index contributed by atoms with van der Waals surface area (Å²) in [5.74, 6) is 0.753. The normalized spacial score (nSPS) is 29.0. The van der Waals surface area contributed by atoms with Gasteiger partial charge < -0.3 is 15.5 Å². The molecule has 1 amide bonds. The second-order valence-corrected chi connectivity index (χ2v) is 5.55. The molecule has 2 bridgehead atoms. The molecule has 2 N–H and O–H groups in total. The van der Waals surface area contributed by atoms with Gasteiger partial charge in [-0.15, -0.1) is 0 Å². The van der Waals surface area contributed by atoms with Crippen LogP contribution in [0.2, 0.25) is 0 Å². The molecular formula is C15H21N3O. The van der Waals surface area contributed by atoms with Gasteiger partial charge in [-0.05, 0) is 49.6 Å². The SMILES string of the molecule is CNC(=O)c1ccc(NC2CCN3CCC2C3)cc1. The van der Waals surface area contributed by atoms with E-state index >= 15 is 0 Å².